The lowest BCUT2D eigenvalue weighted by Gasteiger charge is -2.26. The van der Waals surface area contributed by atoms with E-state index < -0.39 is 10.0 Å². The smallest absolute Gasteiger partial charge is 0.257 e. The molecule has 0 amide bonds. The predicted octanol–water partition coefficient (Wildman–Crippen LogP) is 2.47. The van der Waals surface area contributed by atoms with Crippen LogP contribution >= 0.6 is 0 Å². The average molecular weight is 299 g/mol. The highest BCUT2D eigenvalue weighted by molar-refractivity contribution is 7.89. The molecule has 2 unspecified atom stereocenters. The summed E-state index contributed by atoms with van der Waals surface area (Å²) in [6.45, 7) is 4.74. The monoisotopic (exact) mass is 299 g/mol. The highest BCUT2D eigenvalue weighted by atomic mass is 32.2. The summed E-state index contributed by atoms with van der Waals surface area (Å²) in [7, 11) is -3.43. The van der Waals surface area contributed by atoms with E-state index in [0.29, 0.717) is 24.7 Å². The number of aromatic nitrogens is 2. The molecule has 0 spiro atoms. The molecule has 0 saturated heterocycles. The van der Waals surface area contributed by atoms with Crippen molar-refractivity contribution in [1.82, 2.24) is 14.7 Å². The topological polar surface area (TPSA) is 74.8 Å². The summed E-state index contributed by atoms with van der Waals surface area (Å²) in [5.74, 6) is 2.14. The third-order valence-corrected chi connectivity index (χ3v) is 5.49. The van der Waals surface area contributed by atoms with Gasteiger partial charge in [0.25, 0.3) is 10.0 Å². The fourth-order valence-corrected chi connectivity index (χ4v) is 3.94. The SMILES string of the molecule is CCc1ncc(S(=O)(=O)NCCC2CCCC(C)C2)[nH]1. The van der Waals surface area contributed by atoms with E-state index >= 15 is 0 Å². The second-order valence-electron chi connectivity index (χ2n) is 5.87. The largest absolute Gasteiger partial charge is 0.332 e. The molecular weight excluding hydrogens is 274 g/mol. The Morgan fingerprint density at radius 2 is 2.25 bits per heavy atom. The van der Waals surface area contributed by atoms with Gasteiger partial charge in [0.2, 0.25) is 0 Å². The zero-order valence-electron chi connectivity index (χ0n) is 12.4. The first kappa shape index (κ1) is 15.5. The number of nitrogens with one attached hydrogen (secondary N) is 2. The number of hydrogen-bond donors (Lipinski definition) is 2. The van der Waals surface area contributed by atoms with Crippen LogP contribution in [0.4, 0.5) is 0 Å². The number of rotatable bonds is 6. The molecule has 1 aromatic rings. The predicted molar refractivity (Wildman–Crippen MR) is 78.9 cm³/mol. The standard InChI is InChI=1S/C14H25N3O2S/c1-3-13-15-10-14(17-13)20(18,19)16-8-7-12-6-4-5-11(2)9-12/h10-12,16H,3-9H2,1-2H3,(H,15,17). The fraction of sp³-hybridized carbons (Fsp3) is 0.786. The number of aryl methyl sites for hydroxylation is 1. The van der Waals surface area contributed by atoms with Crippen molar-refractivity contribution in [2.75, 3.05) is 6.54 Å². The third kappa shape index (κ3) is 4.06. The van der Waals surface area contributed by atoms with E-state index in [0.717, 1.165) is 12.3 Å². The Bertz CT molecular complexity index is 524. The number of sulfonamides is 1. The molecule has 20 heavy (non-hydrogen) atoms. The van der Waals surface area contributed by atoms with Crippen LogP contribution in [-0.4, -0.2) is 24.9 Å². The summed E-state index contributed by atoms with van der Waals surface area (Å²) >= 11 is 0. The van der Waals surface area contributed by atoms with Gasteiger partial charge in [-0.15, -0.1) is 0 Å². The molecule has 0 aliphatic heterocycles. The number of aromatic amines is 1. The summed E-state index contributed by atoms with van der Waals surface area (Å²) in [6, 6.07) is 0. The molecule has 5 nitrogen and oxygen atoms in total. The van der Waals surface area contributed by atoms with Crippen molar-refractivity contribution in [2.45, 2.75) is 57.4 Å². The van der Waals surface area contributed by atoms with Gasteiger partial charge in [-0.25, -0.2) is 18.1 Å². The van der Waals surface area contributed by atoms with Crippen molar-refractivity contribution in [1.29, 1.82) is 0 Å². The normalized spacial score (nSPS) is 23.9. The van der Waals surface area contributed by atoms with Crippen LogP contribution in [-0.2, 0) is 16.4 Å². The molecule has 6 heteroatoms. The first-order valence-electron chi connectivity index (χ1n) is 7.54. The lowest BCUT2D eigenvalue weighted by molar-refractivity contribution is 0.271. The Balaban J connectivity index is 1.83. The number of nitrogens with zero attached hydrogens (tertiary/aromatic N) is 1. The van der Waals surface area contributed by atoms with Crippen LogP contribution in [0.25, 0.3) is 0 Å². The Morgan fingerprint density at radius 3 is 2.90 bits per heavy atom. The van der Waals surface area contributed by atoms with Crippen LogP contribution in [0.15, 0.2) is 11.2 Å². The molecule has 0 aromatic carbocycles. The van der Waals surface area contributed by atoms with Gasteiger partial charge in [0.1, 0.15) is 5.82 Å². The molecular formula is C14H25N3O2S. The van der Waals surface area contributed by atoms with E-state index in [1.54, 1.807) is 0 Å². The summed E-state index contributed by atoms with van der Waals surface area (Å²) in [6.07, 6.45) is 8.08. The van der Waals surface area contributed by atoms with Crippen molar-refractivity contribution in [3.63, 3.8) is 0 Å². The van der Waals surface area contributed by atoms with Gasteiger partial charge in [-0.2, -0.15) is 0 Å². The maximum absolute atomic E-state index is 12.1. The summed E-state index contributed by atoms with van der Waals surface area (Å²) in [4.78, 5) is 6.87. The summed E-state index contributed by atoms with van der Waals surface area (Å²) in [5, 5.41) is 0.173. The average Bonchev–Trinajstić information content (AvgIpc) is 2.88. The maximum atomic E-state index is 12.1. The summed E-state index contributed by atoms with van der Waals surface area (Å²) in [5.41, 5.74) is 0. The Morgan fingerprint density at radius 1 is 1.45 bits per heavy atom. The minimum absolute atomic E-state index is 0.173. The van der Waals surface area contributed by atoms with Crippen molar-refractivity contribution in [3.05, 3.63) is 12.0 Å². The Labute approximate surface area is 121 Å². The van der Waals surface area contributed by atoms with Crippen molar-refractivity contribution in [2.24, 2.45) is 11.8 Å². The molecule has 1 aliphatic carbocycles. The number of imidazole rings is 1. The molecule has 2 N–H and O–H groups in total. The van der Waals surface area contributed by atoms with E-state index in [9.17, 15) is 8.42 Å². The molecule has 0 bridgehead atoms. The van der Waals surface area contributed by atoms with Crippen LogP contribution in [0, 0.1) is 11.8 Å². The Kier molecular flexibility index (Phi) is 5.21. The maximum Gasteiger partial charge on any atom is 0.257 e. The van der Waals surface area contributed by atoms with Gasteiger partial charge in [-0.1, -0.05) is 33.1 Å². The minimum atomic E-state index is -3.43. The fourth-order valence-electron chi connectivity index (χ4n) is 2.96. The molecule has 0 radical (unpaired) electrons. The molecule has 2 rings (SSSR count). The van der Waals surface area contributed by atoms with Gasteiger partial charge >= 0.3 is 0 Å². The molecule has 1 aromatic heterocycles. The first-order chi connectivity index (χ1) is 9.51. The van der Waals surface area contributed by atoms with Crippen LogP contribution < -0.4 is 4.72 Å². The zero-order valence-corrected chi connectivity index (χ0v) is 13.2. The van der Waals surface area contributed by atoms with Gasteiger partial charge in [0.15, 0.2) is 5.03 Å². The lowest BCUT2D eigenvalue weighted by Crippen LogP contribution is -2.27. The van der Waals surface area contributed by atoms with Crippen LogP contribution in [0.5, 0.6) is 0 Å². The van der Waals surface area contributed by atoms with Crippen LogP contribution in [0.1, 0.15) is 51.8 Å². The molecule has 1 heterocycles. The number of hydrogen-bond acceptors (Lipinski definition) is 3. The van der Waals surface area contributed by atoms with Gasteiger partial charge in [0, 0.05) is 13.0 Å². The van der Waals surface area contributed by atoms with E-state index in [-0.39, 0.29) is 5.03 Å². The lowest BCUT2D eigenvalue weighted by atomic mass is 9.81. The van der Waals surface area contributed by atoms with Crippen molar-refractivity contribution >= 4 is 10.0 Å². The zero-order chi connectivity index (χ0) is 14.6. The molecule has 1 aliphatic rings. The second-order valence-corrected chi connectivity index (χ2v) is 7.61. The van der Waals surface area contributed by atoms with E-state index in [2.05, 4.69) is 21.6 Å². The van der Waals surface area contributed by atoms with Crippen molar-refractivity contribution < 1.29 is 8.42 Å². The molecule has 1 fully saturated rings. The van der Waals surface area contributed by atoms with Gasteiger partial charge in [0.05, 0.1) is 6.20 Å². The highest BCUT2D eigenvalue weighted by Crippen LogP contribution is 2.30. The minimum Gasteiger partial charge on any atom is -0.332 e. The first-order valence-corrected chi connectivity index (χ1v) is 9.03. The second kappa shape index (κ2) is 6.72. The van der Waals surface area contributed by atoms with Crippen LogP contribution in [0.2, 0.25) is 0 Å². The Hall–Kier alpha value is -0.880. The summed E-state index contributed by atoms with van der Waals surface area (Å²) < 4.78 is 26.8. The van der Waals surface area contributed by atoms with Gasteiger partial charge < -0.3 is 4.98 Å². The van der Waals surface area contributed by atoms with Crippen LogP contribution in [0.3, 0.4) is 0 Å². The van der Waals surface area contributed by atoms with E-state index in [4.69, 9.17) is 0 Å². The van der Waals surface area contributed by atoms with E-state index in [1.807, 2.05) is 6.92 Å². The van der Waals surface area contributed by atoms with Gasteiger partial charge in [-0.05, 0) is 24.7 Å². The highest BCUT2D eigenvalue weighted by Gasteiger charge is 2.20. The number of H-pyrrole nitrogens is 1. The van der Waals surface area contributed by atoms with Crippen molar-refractivity contribution in [3.8, 4) is 0 Å². The third-order valence-electron chi connectivity index (χ3n) is 4.12. The molecule has 2 atom stereocenters. The molecule has 114 valence electrons. The van der Waals surface area contributed by atoms with E-state index in [1.165, 1.54) is 31.9 Å². The molecule has 1 saturated carbocycles. The van der Waals surface area contributed by atoms with Gasteiger partial charge in [-0.3, -0.25) is 0 Å². The quantitative estimate of drug-likeness (QED) is 0.847.